The van der Waals surface area contributed by atoms with Crippen LogP contribution >= 0.6 is 11.3 Å². The van der Waals surface area contributed by atoms with Crippen LogP contribution in [0, 0.1) is 0 Å². The molecule has 2 heterocycles. The molecule has 0 saturated carbocycles. The minimum Gasteiger partial charge on any atom is -0.349 e. The molecule has 0 bridgehead atoms. The summed E-state index contributed by atoms with van der Waals surface area (Å²) in [5, 5.41) is 11.6. The second kappa shape index (κ2) is 4.91. The lowest BCUT2D eigenvalue weighted by atomic mass is 10.1. The normalized spacial score (nSPS) is 11.5. The van der Waals surface area contributed by atoms with Crippen LogP contribution in [0.4, 0.5) is 0 Å². The monoisotopic (exact) mass is 264 g/mol. The number of nitrogens with one attached hydrogen (secondary N) is 2. The van der Waals surface area contributed by atoms with E-state index >= 15 is 0 Å². The minimum atomic E-state index is -0.428. The molecule has 6 heteroatoms. The third-order valence-electron chi connectivity index (χ3n) is 2.30. The van der Waals surface area contributed by atoms with Gasteiger partial charge in [0.2, 0.25) is 0 Å². The van der Waals surface area contributed by atoms with E-state index in [1.807, 2.05) is 31.4 Å². The summed E-state index contributed by atoms with van der Waals surface area (Å²) >= 11 is 1.60. The third kappa shape index (κ3) is 3.18. The van der Waals surface area contributed by atoms with Gasteiger partial charge in [-0.15, -0.1) is 11.3 Å². The Hall–Kier alpha value is -1.66. The van der Waals surface area contributed by atoms with Crippen molar-refractivity contribution >= 4 is 17.2 Å². The summed E-state index contributed by atoms with van der Waals surface area (Å²) in [6.07, 6.45) is 0. The lowest BCUT2D eigenvalue weighted by Crippen LogP contribution is -2.45. The van der Waals surface area contributed by atoms with Gasteiger partial charge in [-0.2, -0.15) is 5.10 Å². The molecule has 4 N–H and O–H groups in total. The van der Waals surface area contributed by atoms with Crippen LogP contribution in [0.25, 0.3) is 10.6 Å². The lowest BCUT2D eigenvalue weighted by molar-refractivity contribution is 0.0941. The van der Waals surface area contributed by atoms with Gasteiger partial charge in [0.15, 0.2) is 5.69 Å². The SMILES string of the molecule is CC(C)(N)CNC(=O)c1cc(-c2cccs2)[nH]n1. The van der Waals surface area contributed by atoms with E-state index in [1.165, 1.54) is 0 Å². The number of aromatic amines is 1. The van der Waals surface area contributed by atoms with Crippen molar-refractivity contribution in [2.24, 2.45) is 5.73 Å². The molecule has 0 fully saturated rings. The number of hydrogen-bond donors (Lipinski definition) is 3. The fourth-order valence-corrected chi connectivity index (χ4v) is 2.09. The second-order valence-electron chi connectivity index (χ2n) is 4.82. The van der Waals surface area contributed by atoms with Gasteiger partial charge < -0.3 is 11.1 Å². The third-order valence-corrected chi connectivity index (χ3v) is 3.20. The summed E-state index contributed by atoms with van der Waals surface area (Å²) in [6.45, 7) is 4.12. The summed E-state index contributed by atoms with van der Waals surface area (Å²) in [7, 11) is 0. The van der Waals surface area contributed by atoms with Crippen molar-refractivity contribution in [2.75, 3.05) is 6.54 Å². The molecule has 1 amide bonds. The number of hydrogen-bond acceptors (Lipinski definition) is 4. The van der Waals surface area contributed by atoms with E-state index in [0.717, 1.165) is 10.6 Å². The standard InChI is InChI=1S/C12H16N4OS/c1-12(2,13)7-14-11(17)9-6-8(15-16-9)10-4-3-5-18-10/h3-6H,7,13H2,1-2H3,(H,14,17)(H,15,16). The predicted molar refractivity (Wildman–Crippen MR) is 72.5 cm³/mol. The summed E-state index contributed by atoms with van der Waals surface area (Å²) in [4.78, 5) is 12.9. The molecular formula is C12H16N4OS. The maximum Gasteiger partial charge on any atom is 0.271 e. The molecule has 0 saturated heterocycles. The zero-order valence-corrected chi connectivity index (χ0v) is 11.2. The molecule has 5 nitrogen and oxygen atoms in total. The average Bonchev–Trinajstić information content (AvgIpc) is 2.94. The Morgan fingerprint density at radius 2 is 2.39 bits per heavy atom. The van der Waals surface area contributed by atoms with Gasteiger partial charge in [0.1, 0.15) is 0 Å². The quantitative estimate of drug-likeness (QED) is 0.784. The fraction of sp³-hybridized carbons (Fsp3) is 0.333. The zero-order chi connectivity index (χ0) is 13.2. The Labute approximate surface area is 109 Å². The van der Waals surface area contributed by atoms with E-state index in [9.17, 15) is 4.79 Å². The number of nitrogens with zero attached hydrogens (tertiary/aromatic N) is 1. The van der Waals surface area contributed by atoms with Crippen LogP contribution in [0.5, 0.6) is 0 Å². The van der Waals surface area contributed by atoms with Crippen LogP contribution in [-0.4, -0.2) is 28.2 Å². The number of carbonyl (C=O) groups excluding carboxylic acids is 1. The van der Waals surface area contributed by atoms with Crippen LogP contribution in [-0.2, 0) is 0 Å². The number of thiophene rings is 1. The highest BCUT2D eigenvalue weighted by Gasteiger charge is 2.15. The highest BCUT2D eigenvalue weighted by molar-refractivity contribution is 7.13. The van der Waals surface area contributed by atoms with Gasteiger partial charge in [0.05, 0.1) is 10.6 Å². The lowest BCUT2D eigenvalue weighted by Gasteiger charge is -2.18. The smallest absolute Gasteiger partial charge is 0.271 e. The summed E-state index contributed by atoms with van der Waals surface area (Å²) in [5.41, 5.74) is 6.60. The molecule has 0 unspecified atom stereocenters. The van der Waals surface area contributed by atoms with Gasteiger partial charge in [0, 0.05) is 12.1 Å². The van der Waals surface area contributed by atoms with Crippen LogP contribution in [0.1, 0.15) is 24.3 Å². The van der Waals surface area contributed by atoms with Crippen LogP contribution in [0.15, 0.2) is 23.6 Å². The van der Waals surface area contributed by atoms with E-state index in [1.54, 1.807) is 17.4 Å². The van der Waals surface area contributed by atoms with Gasteiger partial charge in [0.25, 0.3) is 5.91 Å². The molecule has 96 valence electrons. The fourth-order valence-electron chi connectivity index (χ4n) is 1.39. The molecule has 0 aliphatic heterocycles. The molecule has 0 atom stereocenters. The first-order valence-electron chi connectivity index (χ1n) is 5.62. The minimum absolute atomic E-state index is 0.215. The van der Waals surface area contributed by atoms with E-state index in [0.29, 0.717) is 12.2 Å². The molecule has 18 heavy (non-hydrogen) atoms. The number of nitrogens with two attached hydrogens (primary N) is 1. The Kier molecular flexibility index (Phi) is 3.49. The van der Waals surface area contributed by atoms with Crippen molar-refractivity contribution in [1.82, 2.24) is 15.5 Å². The van der Waals surface area contributed by atoms with Crippen molar-refractivity contribution < 1.29 is 4.79 Å². The van der Waals surface area contributed by atoms with E-state index < -0.39 is 5.54 Å². The summed E-state index contributed by atoms with van der Waals surface area (Å²) in [6, 6.07) is 5.67. The summed E-state index contributed by atoms with van der Waals surface area (Å²) < 4.78 is 0. The number of aromatic nitrogens is 2. The number of rotatable bonds is 4. The van der Waals surface area contributed by atoms with Gasteiger partial charge >= 0.3 is 0 Å². The number of amides is 1. The van der Waals surface area contributed by atoms with Crippen molar-refractivity contribution in [3.05, 3.63) is 29.3 Å². The highest BCUT2D eigenvalue weighted by atomic mass is 32.1. The van der Waals surface area contributed by atoms with Gasteiger partial charge in [-0.05, 0) is 31.4 Å². The molecule has 2 aromatic rings. The van der Waals surface area contributed by atoms with Crippen LogP contribution < -0.4 is 11.1 Å². The Morgan fingerprint density at radius 3 is 3.00 bits per heavy atom. The Balaban J connectivity index is 2.04. The molecule has 0 radical (unpaired) electrons. The molecule has 0 aromatic carbocycles. The first-order chi connectivity index (χ1) is 8.46. The number of H-pyrrole nitrogens is 1. The van der Waals surface area contributed by atoms with Gasteiger partial charge in [-0.25, -0.2) is 0 Å². The van der Waals surface area contributed by atoms with Crippen molar-refractivity contribution in [1.29, 1.82) is 0 Å². The van der Waals surface area contributed by atoms with Gasteiger partial charge in [-0.1, -0.05) is 6.07 Å². The Bertz CT molecular complexity index is 525. The van der Waals surface area contributed by atoms with Crippen LogP contribution in [0.3, 0.4) is 0 Å². The molecule has 0 aliphatic rings. The zero-order valence-electron chi connectivity index (χ0n) is 10.4. The van der Waals surface area contributed by atoms with E-state index in [2.05, 4.69) is 15.5 Å². The predicted octanol–water partition coefficient (Wildman–Crippen LogP) is 1.61. The van der Waals surface area contributed by atoms with Crippen molar-refractivity contribution in [3.8, 4) is 10.6 Å². The maximum absolute atomic E-state index is 11.8. The molecule has 2 aromatic heterocycles. The molecule has 0 aliphatic carbocycles. The summed E-state index contributed by atoms with van der Waals surface area (Å²) in [5.74, 6) is -0.215. The average molecular weight is 264 g/mol. The first kappa shape index (κ1) is 12.8. The van der Waals surface area contributed by atoms with E-state index in [-0.39, 0.29) is 5.91 Å². The second-order valence-corrected chi connectivity index (χ2v) is 5.76. The highest BCUT2D eigenvalue weighted by Crippen LogP contribution is 2.22. The van der Waals surface area contributed by atoms with Crippen molar-refractivity contribution in [3.63, 3.8) is 0 Å². The molecular weight excluding hydrogens is 248 g/mol. The largest absolute Gasteiger partial charge is 0.349 e. The molecule has 2 rings (SSSR count). The van der Waals surface area contributed by atoms with Gasteiger partial charge in [-0.3, -0.25) is 9.89 Å². The Morgan fingerprint density at radius 1 is 1.61 bits per heavy atom. The van der Waals surface area contributed by atoms with Crippen LogP contribution in [0.2, 0.25) is 0 Å². The first-order valence-corrected chi connectivity index (χ1v) is 6.50. The number of carbonyl (C=O) groups is 1. The topological polar surface area (TPSA) is 83.8 Å². The van der Waals surface area contributed by atoms with E-state index in [4.69, 9.17) is 5.73 Å². The maximum atomic E-state index is 11.8. The molecule has 0 spiro atoms. The van der Waals surface area contributed by atoms with Crippen molar-refractivity contribution in [2.45, 2.75) is 19.4 Å².